The number of carboxylic acids is 2. The minimum absolute atomic E-state index is 0.280. The summed E-state index contributed by atoms with van der Waals surface area (Å²) in [6, 6.07) is 15.4. The molecule has 2 N–H and O–H groups in total. The molecule has 24 heavy (non-hydrogen) atoms. The van der Waals surface area contributed by atoms with E-state index in [2.05, 4.69) is 59.0 Å². The summed E-state index contributed by atoms with van der Waals surface area (Å²) in [5.41, 5.74) is 1.31. The summed E-state index contributed by atoms with van der Waals surface area (Å²) < 4.78 is 0. The predicted octanol–water partition coefficient (Wildman–Crippen LogP) is 2.93. The first-order chi connectivity index (χ1) is 11.5. The highest BCUT2D eigenvalue weighted by molar-refractivity contribution is 8.16. The van der Waals surface area contributed by atoms with E-state index in [1.165, 1.54) is 16.3 Å². The molecule has 122 valence electrons. The lowest BCUT2D eigenvalue weighted by atomic mass is 10.0. The quantitative estimate of drug-likeness (QED) is 0.775. The van der Waals surface area contributed by atoms with E-state index in [0.29, 0.717) is 0 Å². The van der Waals surface area contributed by atoms with Crippen LogP contribution in [0, 0.1) is 0 Å². The van der Waals surface area contributed by atoms with Gasteiger partial charge in [-0.2, -0.15) is 0 Å². The predicted molar refractivity (Wildman–Crippen MR) is 92.8 cm³/mol. The van der Waals surface area contributed by atoms with E-state index in [0.717, 1.165) is 11.7 Å². The van der Waals surface area contributed by atoms with Crippen LogP contribution in [0.4, 0.5) is 0 Å². The molecule has 0 aromatic heterocycles. The Morgan fingerprint density at radius 1 is 1.08 bits per heavy atom. The second-order valence-corrected chi connectivity index (χ2v) is 6.07. The fourth-order valence-electron chi connectivity index (χ4n) is 2.50. The molecule has 0 amide bonds. The molecule has 0 bridgehead atoms. The summed E-state index contributed by atoms with van der Waals surface area (Å²) in [4.78, 5) is 25.2. The normalized spacial score (nSPS) is 17.9. The maximum absolute atomic E-state index is 9.10. The first-order valence-corrected chi connectivity index (χ1v) is 8.05. The number of carbonyl (C=O) groups is 2. The first-order valence-electron chi connectivity index (χ1n) is 7.17. The lowest BCUT2D eigenvalue weighted by Gasteiger charge is -2.11. The monoisotopic (exact) mass is 342 g/mol. The van der Waals surface area contributed by atoms with Crippen LogP contribution in [0.1, 0.15) is 11.6 Å². The van der Waals surface area contributed by atoms with Gasteiger partial charge in [0.05, 0.1) is 12.6 Å². The van der Waals surface area contributed by atoms with Gasteiger partial charge < -0.3 is 15.1 Å². The van der Waals surface area contributed by atoms with Gasteiger partial charge in [0, 0.05) is 6.20 Å². The summed E-state index contributed by atoms with van der Waals surface area (Å²) in [6.45, 7) is 0.969. The summed E-state index contributed by atoms with van der Waals surface area (Å²) in [5, 5.41) is 20.6. The lowest BCUT2D eigenvalue weighted by Crippen LogP contribution is -2.15. The van der Waals surface area contributed by atoms with Crippen LogP contribution >= 0.6 is 11.8 Å². The first kappa shape index (κ1) is 16.1. The number of aliphatic imine (C=N–C) groups is 1. The molecular weight excluding hydrogens is 328 g/mol. The average Bonchev–Trinajstić information content (AvgIpc) is 3.16. The van der Waals surface area contributed by atoms with Crippen molar-refractivity contribution in [3.8, 4) is 0 Å². The van der Waals surface area contributed by atoms with Gasteiger partial charge in [0.15, 0.2) is 5.17 Å². The van der Waals surface area contributed by atoms with E-state index >= 15 is 0 Å². The fraction of sp³-hybridized carbons (Fsp3) is 0.118. The SMILES string of the molecule is C1=CN2CC(c3ccc4ccccc4c3)N=C2S1.O=C(O)C(=O)O. The smallest absolute Gasteiger partial charge is 0.414 e. The van der Waals surface area contributed by atoms with Crippen molar-refractivity contribution >= 4 is 39.6 Å². The zero-order valence-corrected chi connectivity index (χ0v) is 13.3. The van der Waals surface area contributed by atoms with E-state index in [9.17, 15) is 0 Å². The van der Waals surface area contributed by atoms with Crippen LogP contribution in [0.2, 0.25) is 0 Å². The molecule has 2 aromatic carbocycles. The third kappa shape index (κ3) is 3.41. The molecule has 0 spiro atoms. The highest BCUT2D eigenvalue weighted by Crippen LogP contribution is 2.33. The van der Waals surface area contributed by atoms with Crippen molar-refractivity contribution in [2.75, 3.05) is 6.54 Å². The Kier molecular flexibility index (Phi) is 4.52. The van der Waals surface area contributed by atoms with Gasteiger partial charge in [-0.1, -0.05) is 48.2 Å². The van der Waals surface area contributed by atoms with Crippen LogP contribution in [-0.2, 0) is 9.59 Å². The Balaban J connectivity index is 0.000000246. The molecule has 0 aliphatic carbocycles. The van der Waals surface area contributed by atoms with Crippen molar-refractivity contribution in [1.29, 1.82) is 0 Å². The second kappa shape index (κ2) is 6.76. The van der Waals surface area contributed by atoms with Gasteiger partial charge >= 0.3 is 11.9 Å². The number of carboxylic acid groups (broad SMARTS) is 2. The van der Waals surface area contributed by atoms with E-state index in [-0.39, 0.29) is 6.04 Å². The number of rotatable bonds is 1. The Morgan fingerprint density at radius 3 is 2.46 bits per heavy atom. The van der Waals surface area contributed by atoms with Crippen LogP contribution in [-0.4, -0.2) is 38.8 Å². The molecule has 0 saturated carbocycles. The number of amidine groups is 1. The van der Waals surface area contributed by atoms with Crippen LogP contribution in [0.15, 0.2) is 59.1 Å². The van der Waals surface area contributed by atoms with Gasteiger partial charge in [-0.25, -0.2) is 9.59 Å². The van der Waals surface area contributed by atoms with Gasteiger partial charge in [0.25, 0.3) is 0 Å². The summed E-state index contributed by atoms with van der Waals surface area (Å²) in [6.07, 6.45) is 2.12. The number of hydrogen-bond donors (Lipinski definition) is 2. The molecule has 2 aliphatic rings. The van der Waals surface area contributed by atoms with Gasteiger partial charge in [-0.15, -0.1) is 0 Å². The zero-order chi connectivity index (χ0) is 17.1. The van der Waals surface area contributed by atoms with E-state index in [1.807, 2.05) is 0 Å². The van der Waals surface area contributed by atoms with Crippen molar-refractivity contribution in [1.82, 2.24) is 4.90 Å². The zero-order valence-electron chi connectivity index (χ0n) is 12.5. The van der Waals surface area contributed by atoms with Gasteiger partial charge in [-0.3, -0.25) is 4.99 Å². The number of thioether (sulfide) groups is 1. The topological polar surface area (TPSA) is 90.2 Å². The molecular formula is C17H14N2O4S. The molecule has 0 saturated heterocycles. The molecule has 2 aromatic rings. The van der Waals surface area contributed by atoms with Crippen molar-refractivity contribution < 1.29 is 19.8 Å². The van der Waals surface area contributed by atoms with E-state index in [4.69, 9.17) is 24.8 Å². The molecule has 1 unspecified atom stereocenters. The second-order valence-electron chi connectivity index (χ2n) is 5.20. The largest absolute Gasteiger partial charge is 0.473 e. The molecule has 0 fully saturated rings. The maximum Gasteiger partial charge on any atom is 0.414 e. The molecule has 6 nitrogen and oxygen atoms in total. The van der Waals surface area contributed by atoms with E-state index in [1.54, 1.807) is 11.8 Å². The number of fused-ring (bicyclic) bond motifs is 2. The standard InChI is InChI=1S/C15H12N2S.C2H2O4/c1-2-4-12-9-13(6-5-11(12)3-1)14-10-17-7-8-18-15(17)16-14;3-1(4)2(5)6/h1-9,14H,10H2;(H,3,4)(H,5,6). The Labute approximate surface area is 142 Å². The van der Waals surface area contributed by atoms with Crippen LogP contribution in [0.25, 0.3) is 10.8 Å². The van der Waals surface area contributed by atoms with Crippen molar-refractivity contribution in [3.05, 3.63) is 59.6 Å². The molecule has 4 rings (SSSR count). The molecule has 2 aliphatic heterocycles. The van der Waals surface area contributed by atoms with Crippen LogP contribution in [0.3, 0.4) is 0 Å². The molecule has 2 heterocycles. The summed E-state index contributed by atoms with van der Waals surface area (Å²) in [5.74, 6) is -3.65. The third-order valence-electron chi connectivity index (χ3n) is 3.64. The van der Waals surface area contributed by atoms with Crippen molar-refractivity contribution in [2.45, 2.75) is 6.04 Å². The Bertz CT molecular complexity index is 851. The Hall–Kier alpha value is -2.80. The molecule has 7 heteroatoms. The van der Waals surface area contributed by atoms with E-state index < -0.39 is 11.9 Å². The molecule has 1 atom stereocenters. The summed E-state index contributed by atoms with van der Waals surface area (Å²) >= 11 is 1.71. The third-order valence-corrected chi connectivity index (χ3v) is 4.45. The highest BCUT2D eigenvalue weighted by atomic mass is 32.2. The lowest BCUT2D eigenvalue weighted by molar-refractivity contribution is -0.159. The minimum Gasteiger partial charge on any atom is -0.473 e. The maximum atomic E-state index is 9.10. The Morgan fingerprint density at radius 2 is 1.79 bits per heavy atom. The number of benzene rings is 2. The number of nitrogens with zero attached hydrogens (tertiary/aromatic N) is 2. The fourth-order valence-corrected chi connectivity index (χ4v) is 3.28. The highest BCUT2D eigenvalue weighted by Gasteiger charge is 2.27. The van der Waals surface area contributed by atoms with Gasteiger partial charge in [0.2, 0.25) is 0 Å². The number of hydrogen-bond acceptors (Lipinski definition) is 5. The number of aliphatic carboxylic acids is 2. The van der Waals surface area contributed by atoms with Crippen molar-refractivity contribution in [2.24, 2.45) is 4.99 Å². The van der Waals surface area contributed by atoms with Crippen LogP contribution in [0.5, 0.6) is 0 Å². The molecule has 0 radical (unpaired) electrons. The van der Waals surface area contributed by atoms with Gasteiger partial charge in [-0.05, 0) is 27.8 Å². The summed E-state index contributed by atoms with van der Waals surface area (Å²) in [7, 11) is 0. The van der Waals surface area contributed by atoms with Crippen LogP contribution < -0.4 is 0 Å². The minimum atomic E-state index is -1.82. The van der Waals surface area contributed by atoms with Crippen molar-refractivity contribution in [3.63, 3.8) is 0 Å². The van der Waals surface area contributed by atoms with Gasteiger partial charge in [0.1, 0.15) is 0 Å². The average molecular weight is 342 g/mol.